The first-order chi connectivity index (χ1) is 6.31. The topological polar surface area (TPSA) is 46.5 Å². The first-order valence-corrected chi connectivity index (χ1v) is 4.66. The van der Waals surface area contributed by atoms with E-state index in [0.29, 0.717) is 6.61 Å². The van der Waals surface area contributed by atoms with Gasteiger partial charge in [0, 0.05) is 6.42 Å². The van der Waals surface area contributed by atoms with Gasteiger partial charge in [0.25, 0.3) is 0 Å². The molecule has 0 bridgehead atoms. The number of aliphatic hydroxyl groups excluding tert-OH is 1. The number of quaternary nitrogens is 1. The minimum atomic E-state index is -0.480. The van der Waals surface area contributed by atoms with Crippen molar-refractivity contribution in [1.82, 2.24) is 0 Å². The second-order valence-electron chi connectivity index (χ2n) is 4.32. The monoisotopic (exact) mass is 202 g/mol. The lowest BCUT2D eigenvalue weighted by Crippen LogP contribution is -2.35. The van der Waals surface area contributed by atoms with E-state index in [9.17, 15) is 4.79 Å². The van der Waals surface area contributed by atoms with Gasteiger partial charge in [-0.3, -0.25) is 0 Å². The molecular weight excluding hydrogens is 182 g/mol. The molecule has 0 aromatic rings. The predicted octanol–water partition coefficient (Wildman–Crippen LogP) is 1.09. The molecule has 0 fully saturated rings. The summed E-state index contributed by atoms with van der Waals surface area (Å²) in [4.78, 5) is 10.9. The van der Waals surface area contributed by atoms with Crippen molar-refractivity contribution in [2.24, 2.45) is 0 Å². The molecule has 4 heteroatoms. The van der Waals surface area contributed by atoms with E-state index in [1.54, 1.807) is 0 Å². The zero-order chi connectivity index (χ0) is 11.2. The van der Waals surface area contributed by atoms with E-state index in [4.69, 9.17) is 9.84 Å². The number of hydrogen-bond acceptors (Lipinski definition) is 3. The molecule has 0 aliphatic carbocycles. The van der Waals surface area contributed by atoms with Crippen molar-refractivity contribution in [3.05, 3.63) is 11.8 Å². The molecule has 0 heterocycles. The predicted molar refractivity (Wildman–Crippen MR) is 54.9 cm³/mol. The lowest BCUT2D eigenvalue weighted by Gasteiger charge is -2.23. The van der Waals surface area contributed by atoms with Crippen molar-refractivity contribution in [3.63, 3.8) is 0 Å². The summed E-state index contributed by atoms with van der Waals surface area (Å²) in [5, 5.41) is 8.77. The third kappa shape index (κ3) is 9.06. The van der Waals surface area contributed by atoms with Gasteiger partial charge in [0.1, 0.15) is 0 Å². The van der Waals surface area contributed by atoms with Gasteiger partial charge in [-0.1, -0.05) is 0 Å². The molecule has 0 amide bonds. The van der Waals surface area contributed by atoms with Gasteiger partial charge in [-0.15, -0.1) is 0 Å². The van der Waals surface area contributed by atoms with Crippen molar-refractivity contribution in [3.8, 4) is 0 Å². The normalized spacial score (nSPS) is 12.7. The smallest absolute Gasteiger partial charge is 0.334 e. The fourth-order valence-corrected chi connectivity index (χ4v) is 0.924. The van der Waals surface area contributed by atoms with Gasteiger partial charge >= 0.3 is 5.97 Å². The van der Waals surface area contributed by atoms with Gasteiger partial charge in [0.2, 0.25) is 0 Å². The molecular formula is C10H20NO3+. The van der Waals surface area contributed by atoms with Crippen molar-refractivity contribution in [2.75, 3.05) is 34.3 Å². The molecule has 4 nitrogen and oxygen atoms in total. The van der Waals surface area contributed by atoms with E-state index in [0.717, 1.165) is 23.5 Å². The molecule has 0 radical (unpaired) electrons. The average molecular weight is 202 g/mol. The maximum Gasteiger partial charge on any atom is 0.334 e. The van der Waals surface area contributed by atoms with Crippen LogP contribution in [-0.4, -0.2) is 49.9 Å². The second-order valence-corrected chi connectivity index (χ2v) is 4.32. The molecule has 0 aliphatic rings. The Labute approximate surface area is 85.4 Å². The van der Waals surface area contributed by atoms with Gasteiger partial charge in [0.05, 0.1) is 46.1 Å². The molecule has 1 N–H and O–H groups in total. The molecule has 0 aromatic heterocycles. The summed E-state index contributed by atoms with van der Waals surface area (Å²) in [6.07, 6.45) is 1.90. The Morgan fingerprint density at radius 1 is 1.43 bits per heavy atom. The van der Waals surface area contributed by atoms with Crippen molar-refractivity contribution >= 4 is 5.97 Å². The summed E-state index contributed by atoms with van der Waals surface area (Å²) in [5.74, 6) is -0.506. The van der Waals surface area contributed by atoms with Crippen LogP contribution in [0.5, 0.6) is 0 Å². The van der Waals surface area contributed by atoms with Crippen LogP contribution in [0.2, 0.25) is 0 Å². The lowest BCUT2D eigenvalue weighted by molar-refractivity contribution is -0.870. The minimum absolute atomic E-state index is 0.0263. The van der Waals surface area contributed by atoms with Crippen LogP contribution in [0.25, 0.3) is 0 Å². The zero-order valence-corrected chi connectivity index (χ0v) is 9.41. The van der Waals surface area contributed by atoms with Gasteiger partial charge in [-0.25, -0.2) is 4.79 Å². The van der Waals surface area contributed by atoms with Gasteiger partial charge in [-0.2, -0.15) is 0 Å². The molecule has 0 saturated carbocycles. The quantitative estimate of drug-likeness (QED) is 0.239. The van der Waals surface area contributed by atoms with E-state index >= 15 is 0 Å². The lowest BCUT2D eigenvalue weighted by atomic mass is 10.4. The summed E-state index contributed by atoms with van der Waals surface area (Å²) in [6.45, 7) is 2.79. The van der Waals surface area contributed by atoms with Crippen LogP contribution >= 0.6 is 0 Å². The highest BCUT2D eigenvalue weighted by Gasteiger charge is 2.06. The second kappa shape index (κ2) is 5.65. The highest BCUT2D eigenvalue weighted by atomic mass is 16.5. The zero-order valence-electron chi connectivity index (χ0n) is 9.41. The number of ether oxygens (including phenoxy) is 1. The largest absolute Gasteiger partial charge is 0.512 e. The summed E-state index contributed by atoms with van der Waals surface area (Å²) in [6, 6.07) is 0. The molecule has 0 aromatic carbocycles. The van der Waals surface area contributed by atoms with E-state index in [1.807, 2.05) is 0 Å². The van der Waals surface area contributed by atoms with Crippen LogP contribution < -0.4 is 0 Å². The van der Waals surface area contributed by atoms with Crippen LogP contribution in [0.3, 0.4) is 0 Å². The molecule has 0 unspecified atom stereocenters. The number of rotatable bonds is 5. The molecule has 82 valence electrons. The Morgan fingerprint density at radius 3 is 2.43 bits per heavy atom. The standard InChI is InChI=1S/C10H19NO3/c1-9(12)8-10(13)14-7-5-6-11(2,3)4/h8H,5-7H2,1-4H3/p+1. The minimum Gasteiger partial charge on any atom is -0.512 e. The highest BCUT2D eigenvalue weighted by molar-refractivity contribution is 5.82. The van der Waals surface area contributed by atoms with E-state index in [1.165, 1.54) is 6.92 Å². The number of aliphatic hydroxyl groups is 1. The Hall–Kier alpha value is -1.03. The van der Waals surface area contributed by atoms with Crippen LogP contribution in [0.15, 0.2) is 11.8 Å². The Morgan fingerprint density at radius 2 is 2.00 bits per heavy atom. The van der Waals surface area contributed by atoms with E-state index in [-0.39, 0.29) is 5.76 Å². The Balaban J connectivity index is 3.56. The van der Waals surface area contributed by atoms with Gasteiger partial charge in [0.15, 0.2) is 0 Å². The number of nitrogens with zero attached hydrogens (tertiary/aromatic N) is 1. The molecule has 0 spiro atoms. The third-order valence-electron chi connectivity index (χ3n) is 1.54. The first-order valence-electron chi connectivity index (χ1n) is 4.66. The summed E-state index contributed by atoms with van der Waals surface area (Å²) in [7, 11) is 6.25. The van der Waals surface area contributed by atoms with Crippen LogP contribution in [0, 0.1) is 0 Å². The molecule has 0 saturated heterocycles. The fourth-order valence-electron chi connectivity index (χ4n) is 0.924. The summed E-state index contributed by atoms with van der Waals surface area (Å²) in [5.41, 5.74) is 0. The Bertz CT molecular complexity index is 212. The van der Waals surface area contributed by atoms with Crippen molar-refractivity contribution < 1.29 is 19.1 Å². The van der Waals surface area contributed by atoms with Crippen LogP contribution in [-0.2, 0) is 9.53 Å². The van der Waals surface area contributed by atoms with Crippen LogP contribution in [0.1, 0.15) is 13.3 Å². The number of esters is 1. The number of carbonyl (C=O) groups excluding carboxylic acids is 1. The molecule has 0 aliphatic heterocycles. The average Bonchev–Trinajstić information content (AvgIpc) is 1.95. The highest BCUT2D eigenvalue weighted by Crippen LogP contribution is 1.95. The van der Waals surface area contributed by atoms with E-state index in [2.05, 4.69) is 21.1 Å². The van der Waals surface area contributed by atoms with E-state index < -0.39 is 5.97 Å². The Kier molecular flexibility index (Phi) is 5.23. The number of allylic oxidation sites excluding steroid dienone is 1. The van der Waals surface area contributed by atoms with Crippen molar-refractivity contribution in [2.45, 2.75) is 13.3 Å². The maximum absolute atomic E-state index is 10.9. The SMILES string of the molecule is CC(O)=CC(=O)OCCC[N+](C)(C)C. The van der Waals surface area contributed by atoms with Crippen molar-refractivity contribution in [1.29, 1.82) is 0 Å². The van der Waals surface area contributed by atoms with Gasteiger partial charge < -0.3 is 14.3 Å². The summed E-state index contributed by atoms with van der Waals surface area (Å²) >= 11 is 0. The maximum atomic E-state index is 10.9. The molecule has 14 heavy (non-hydrogen) atoms. The molecule has 0 atom stereocenters. The molecule has 0 rings (SSSR count). The number of hydrogen-bond donors (Lipinski definition) is 1. The fraction of sp³-hybridized carbons (Fsp3) is 0.700. The first kappa shape index (κ1) is 13.0. The van der Waals surface area contributed by atoms with Gasteiger partial charge in [-0.05, 0) is 6.92 Å². The number of carbonyl (C=O) groups is 1. The van der Waals surface area contributed by atoms with Crippen LogP contribution in [0.4, 0.5) is 0 Å². The third-order valence-corrected chi connectivity index (χ3v) is 1.54. The summed E-state index contributed by atoms with van der Waals surface area (Å²) < 4.78 is 5.72.